The van der Waals surface area contributed by atoms with Gasteiger partial charge in [0.1, 0.15) is 0 Å². The lowest BCUT2D eigenvalue weighted by molar-refractivity contribution is 1.38. The molecule has 0 saturated heterocycles. The van der Waals surface area contributed by atoms with Gasteiger partial charge in [0.2, 0.25) is 0 Å². The fourth-order valence-corrected chi connectivity index (χ4v) is 0.303. The Bertz CT molecular complexity index is 120. The molecule has 0 spiro atoms. The third-order valence-corrected chi connectivity index (χ3v) is 0.638. The summed E-state index contributed by atoms with van der Waals surface area (Å²) in [5.41, 5.74) is 0. The van der Waals surface area contributed by atoms with Gasteiger partial charge in [-0.25, -0.2) is 0 Å². The van der Waals surface area contributed by atoms with Gasteiger partial charge in [-0.2, -0.15) is 0 Å². The molecule has 40 valence electrons. The molecule has 0 N–H and O–H groups in total. The topological polar surface area (TPSA) is 0 Å². The van der Waals surface area contributed by atoms with Gasteiger partial charge in [0, 0.05) is 12.8 Å². The Kier molecular flexibility index (Phi) is 5.02. The van der Waals surface area contributed by atoms with E-state index in [0.29, 0.717) is 12.8 Å². The summed E-state index contributed by atoms with van der Waals surface area (Å²) in [6.07, 6.45) is 15.1. The highest BCUT2D eigenvalue weighted by Gasteiger charge is 1.65. The molecule has 0 fully saturated rings. The zero-order valence-electron chi connectivity index (χ0n) is 4.72. The van der Waals surface area contributed by atoms with Crippen LogP contribution in [0.5, 0.6) is 0 Å². The molecule has 0 saturated carbocycles. The van der Waals surface area contributed by atoms with E-state index in [9.17, 15) is 0 Å². The maximum absolute atomic E-state index is 4.96. The maximum Gasteiger partial charge on any atom is 0.0267 e. The predicted octanol–water partition coefficient (Wildman–Crippen LogP) is 1.59. The van der Waals surface area contributed by atoms with Gasteiger partial charge >= 0.3 is 0 Å². The van der Waals surface area contributed by atoms with Crippen molar-refractivity contribution in [2.24, 2.45) is 0 Å². The highest BCUT2D eigenvalue weighted by Crippen LogP contribution is 1.82. The van der Waals surface area contributed by atoms with Crippen LogP contribution in [0.3, 0.4) is 0 Å². The van der Waals surface area contributed by atoms with E-state index in [0.717, 1.165) is 0 Å². The van der Waals surface area contributed by atoms with Gasteiger partial charge in [-0.15, -0.1) is 24.7 Å². The van der Waals surface area contributed by atoms with Crippen LogP contribution < -0.4 is 0 Å². The molecule has 8 heavy (non-hydrogen) atoms. The van der Waals surface area contributed by atoms with Crippen molar-refractivity contribution in [2.75, 3.05) is 0 Å². The number of terminal acetylenes is 2. The molecule has 0 amide bonds. The van der Waals surface area contributed by atoms with Crippen LogP contribution in [0.2, 0.25) is 0 Å². The van der Waals surface area contributed by atoms with Gasteiger partial charge in [-0.1, -0.05) is 12.2 Å². The molecule has 0 aliphatic carbocycles. The van der Waals surface area contributed by atoms with Crippen LogP contribution in [0.25, 0.3) is 0 Å². The second-order valence-corrected chi connectivity index (χ2v) is 1.29. The third-order valence-electron chi connectivity index (χ3n) is 0.638. The van der Waals surface area contributed by atoms with Crippen LogP contribution in [-0.2, 0) is 0 Å². The Labute approximate surface area is 50.6 Å². The van der Waals surface area contributed by atoms with Crippen molar-refractivity contribution in [3.8, 4) is 24.7 Å². The standard InChI is InChI=1S/C8H8/c1-3-5-7-8-6-4-2/h1-2,7-8H,5-6H2/b8-7+. The van der Waals surface area contributed by atoms with Crippen LogP contribution >= 0.6 is 0 Å². The van der Waals surface area contributed by atoms with Gasteiger partial charge < -0.3 is 0 Å². The minimum atomic E-state index is 0.682. The quantitative estimate of drug-likeness (QED) is 0.368. The van der Waals surface area contributed by atoms with Gasteiger partial charge in [-0.05, 0) is 0 Å². The summed E-state index contributed by atoms with van der Waals surface area (Å²) in [6, 6.07) is 0. The smallest absolute Gasteiger partial charge is 0.0267 e. The van der Waals surface area contributed by atoms with Crippen LogP contribution in [0.4, 0.5) is 0 Å². The highest BCUT2D eigenvalue weighted by molar-refractivity contribution is 5.01. The Hall–Kier alpha value is -1.14. The van der Waals surface area contributed by atoms with Crippen molar-refractivity contribution in [1.82, 2.24) is 0 Å². The molecule has 0 nitrogen and oxygen atoms in total. The van der Waals surface area contributed by atoms with E-state index in [1.54, 1.807) is 0 Å². The van der Waals surface area contributed by atoms with Crippen molar-refractivity contribution in [3.63, 3.8) is 0 Å². The zero-order chi connectivity index (χ0) is 6.24. The van der Waals surface area contributed by atoms with Crippen LogP contribution in [-0.4, -0.2) is 0 Å². The molecule has 0 aromatic carbocycles. The van der Waals surface area contributed by atoms with E-state index in [2.05, 4.69) is 11.8 Å². The van der Waals surface area contributed by atoms with Gasteiger partial charge in [0.05, 0.1) is 0 Å². The van der Waals surface area contributed by atoms with Crippen molar-refractivity contribution >= 4 is 0 Å². The average molecular weight is 104 g/mol. The molecule has 0 aliphatic rings. The minimum absolute atomic E-state index is 0.682. The molecule has 0 bridgehead atoms. The van der Waals surface area contributed by atoms with Crippen molar-refractivity contribution in [3.05, 3.63) is 12.2 Å². The summed E-state index contributed by atoms with van der Waals surface area (Å²) >= 11 is 0. The van der Waals surface area contributed by atoms with E-state index in [1.165, 1.54) is 0 Å². The first kappa shape index (κ1) is 6.86. The van der Waals surface area contributed by atoms with Gasteiger partial charge in [0.25, 0.3) is 0 Å². The van der Waals surface area contributed by atoms with Crippen LogP contribution in [0.1, 0.15) is 12.8 Å². The SMILES string of the molecule is C#CC/C=C/CC#C. The first-order valence-electron chi connectivity index (χ1n) is 2.43. The monoisotopic (exact) mass is 104 g/mol. The molecule has 0 aliphatic heterocycles. The molecule has 0 aromatic rings. The van der Waals surface area contributed by atoms with Crippen LogP contribution in [0, 0.1) is 24.7 Å². The fourth-order valence-electron chi connectivity index (χ4n) is 0.303. The summed E-state index contributed by atoms with van der Waals surface area (Å²) < 4.78 is 0. The predicted molar refractivity (Wildman–Crippen MR) is 36.0 cm³/mol. The summed E-state index contributed by atoms with van der Waals surface area (Å²) in [6.45, 7) is 0. The number of hydrogen-bond acceptors (Lipinski definition) is 0. The van der Waals surface area contributed by atoms with Gasteiger partial charge in [-0.3, -0.25) is 0 Å². The van der Waals surface area contributed by atoms with Crippen molar-refractivity contribution in [2.45, 2.75) is 12.8 Å². The number of allylic oxidation sites excluding steroid dienone is 2. The average Bonchev–Trinajstić information content (AvgIpc) is 1.81. The number of rotatable bonds is 2. The second kappa shape index (κ2) is 5.86. The maximum atomic E-state index is 4.96. The lowest BCUT2D eigenvalue weighted by atomic mass is 10.3. The second-order valence-electron chi connectivity index (χ2n) is 1.29. The van der Waals surface area contributed by atoms with E-state index < -0.39 is 0 Å². The zero-order valence-corrected chi connectivity index (χ0v) is 4.72. The molecule has 0 heterocycles. The molecular weight excluding hydrogens is 96.1 g/mol. The van der Waals surface area contributed by atoms with Crippen LogP contribution in [0.15, 0.2) is 12.2 Å². The summed E-state index contributed by atoms with van der Waals surface area (Å²) in [4.78, 5) is 0. The summed E-state index contributed by atoms with van der Waals surface area (Å²) in [7, 11) is 0. The molecule has 0 radical (unpaired) electrons. The molecule has 0 unspecified atom stereocenters. The molecule has 0 heteroatoms. The van der Waals surface area contributed by atoms with Gasteiger partial charge in [0.15, 0.2) is 0 Å². The lowest BCUT2D eigenvalue weighted by Crippen LogP contribution is -1.57. The molecule has 0 rings (SSSR count). The highest BCUT2D eigenvalue weighted by atomic mass is 13.7. The van der Waals surface area contributed by atoms with E-state index in [-0.39, 0.29) is 0 Å². The Morgan fingerprint density at radius 1 is 1.00 bits per heavy atom. The van der Waals surface area contributed by atoms with E-state index in [1.807, 2.05) is 12.2 Å². The van der Waals surface area contributed by atoms with Crippen molar-refractivity contribution in [1.29, 1.82) is 0 Å². The lowest BCUT2D eigenvalue weighted by Gasteiger charge is -1.73. The Balaban J connectivity index is 3.14. The van der Waals surface area contributed by atoms with Crippen molar-refractivity contribution < 1.29 is 0 Å². The molecule has 0 atom stereocenters. The largest absolute Gasteiger partial charge is 0.120 e. The minimum Gasteiger partial charge on any atom is -0.120 e. The Morgan fingerprint density at radius 3 is 1.62 bits per heavy atom. The summed E-state index contributed by atoms with van der Waals surface area (Å²) in [5.74, 6) is 4.94. The van der Waals surface area contributed by atoms with E-state index in [4.69, 9.17) is 12.8 Å². The normalized spacial score (nSPS) is 8.25. The third kappa shape index (κ3) is 4.86. The summed E-state index contributed by atoms with van der Waals surface area (Å²) in [5, 5.41) is 0. The molecular formula is C8H8. The number of hydrogen-bond donors (Lipinski definition) is 0. The Morgan fingerprint density at radius 2 is 1.38 bits per heavy atom. The first-order chi connectivity index (χ1) is 3.91. The van der Waals surface area contributed by atoms with E-state index >= 15 is 0 Å². The molecule has 0 aromatic heterocycles. The first-order valence-corrected chi connectivity index (χ1v) is 2.43. The fraction of sp³-hybridized carbons (Fsp3) is 0.250.